The number of aryl methyl sites for hydroxylation is 1. The van der Waals surface area contributed by atoms with Gasteiger partial charge in [0, 0.05) is 37.6 Å². The van der Waals surface area contributed by atoms with Crippen LogP contribution in [0.25, 0.3) is 17.1 Å². The minimum atomic E-state index is 0.0824. The number of phenolic OH excluding ortho intramolecular Hbond substituents is 1. The number of benzene rings is 2. The van der Waals surface area contributed by atoms with E-state index in [1.807, 2.05) is 64.9 Å². The number of anilines is 1. The van der Waals surface area contributed by atoms with Crippen molar-refractivity contribution in [2.24, 2.45) is 0 Å². The molecule has 8 nitrogen and oxygen atoms in total. The molecule has 3 heterocycles. The molecule has 1 aliphatic rings. The Morgan fingerprint density at radius 3 is 2.38 bits per heavy atom. The number of rotatable bonds is 6. The number of nitrogens with zero attached hydrogens (tertiary/aromatic N) is 5. The molecule has 1 aliphatic heterocycles. The van der Waals surface area contributed by atoms with Crippen LogP contribution in [0.3, 0.4) is 0 Å². The number of phenols is 1. The summed E-state index contributed by atoms with van der Waals surface area (Å²) in [6.07, 6.45) is 1.64. The van der Waals surface area contributed by atoms with Gasteiger partial charge in [0.15, 0.2) is 11.0 Å². The topological polar surface area (TPSA) is 87.6 Å². The van der Waals surface area contributed by atoms with Crippen LogP contribution in [-0.4, -0.2) is 62.6 Å². The number of furan rings is 1. The second-order valence-corrected chi connectivity index (χ2v) is 8.98. The van der Waals surface area contributed by atoms with Gasteiger partial charge >= 0.3 is 0 Å². The monoisotopic (exact) mass is 475 g/mol. The Balaban J connectivity index is 1.27. The highest BCUT2D eigenvalue weighted by atomic mass is 32.2. The Kier molecular flexibility index (Phi) is 6.27. The fraction of sp³-hybridized carbons (Fsp3) is 0.240. The molecule has 0 spiro atoms. The van der Waals surface area contributed by atoms with E-state index in [9.17, 15) is 9.90 Å². The van der Waals surface area contributed by atoms with Crippen LogP contribution in [0.2, 0.25) is 0 Å². The zero-order valence-corrected chi connectivity index (χ0v) is 19.6. The normalized spacial score (nSPS) is 13.9. The highest BCUT2D eigenvalue weighted by molar-refractivity contribution is 7.99. The lowest BCUT2D eigenvalue weighted by Crippen LogP contribution is -2.49. The van der Waals surface area contributed by atoms with Crippen LogP contribution >= 0.6 is 11.8 Å². The summed E-state index contributed by atoms with van der Waals surface area (Å²) < 4.78 is 7.45. The summed E-state index contributed by atoms with van der Waals surface area (Å²) in [5, 5.41) is 19.0. The molecule has 1 saturated heterocycles. The maximum Gasteiger partial charge on any atom is 0.233 e. The SMILES string of the molecule is Cc1occc1-c1nnc(SCC(=O)N2CCN(c3ccc(O)cc3)CC2)n1-c1ccccc1. The summed E-state index contributed by atoms with van der Waals surface area (Å²) in [5.41, 5.74) is 2.86. The number of aromatic hydroxyl groups is 1. The van der Waals surface area contributed by atoms with Gasteiger partial charge in [-0.1, -0.05) is 30.0 Å². The third-order valence-corrected chi connectivity index (χ3v) is 6.83. The first-order valence-electron chi connectivity index (χ1n) is 11.1. The Bertz CT molecular complexity index is 1260. The van der Waals surface area contributed by atoms with Gasteiger partial charge < -0.3 is 19.3 Å². The molecule has 5 rings (SSSR count). The van der Waals surface area contributed by atoms with Gasteiger partial charge in [-0.25, -0.2) is 0 Å². The molecule has 174 valence electrons. The van der Waals surface area contributed by atoms with E-state index < -0.39 is 0 Å². The summed E-state index contributed by atoms with van der Waals surface area (Å²) in [5.74, 6) is 2.08. The summed E-state index contributed by atoms with van der Waals surface area (Å²) in [6.45, 7) is 4.72. The molecule has 1 fully saturated rings. The van der Waals surface area contributed by atoms with Gasteiger partial charge in [-0.15, -0.1) is 10.2 Å². The van der Waals surface area contributed by atoms with Crippen molar-refractivity contribution in [1.29, 1.82) is 0 Å². The standard InChI is InChI=1S/C25H25N5O3S/c1-18-22(11-16-33-18)24-26-27-25(30(24)20-5-3-2-4-6-20)34-17-23(32)29-14-12-28(13-15-29)19-7-9-21(31)10-8-19/h2-11,16,31H,12-15,17H2,1H3. The van der Waals surface area contributed by atoms with Gasteiger partial charge in [-0.05, 0) is 49.4 Å². The van der Waals surface area contributed by atoms with Gasteiger partial charge in [0.05, 0.1) is 17.6 Å². The Morgan fingerprint density at radius 1 is 0.971 bits per heavy atom. The van der Waals surface area contributed by atoms with Crippen LogP contribution in [0.5, 0.6) is 5.75 Å². The largest absolute Gasteiger partial charge is 0.508 e. The Morgan fingerprint density at radius 2 is 1.71 bits per heavy atom. The van der Waals surface area contributed by atoms with Crippen LogP contribution in [0.1, 0.15) is 5.76 Å². The summed E-state index contributed by atoms with van der Waals surface area (Å²) >= 11 is 1.39. The van der Waals surface area contributed by atoms with Crippen LogP contribution in [0, 0.1) is 6.92 Å². The number of amides is 1. The molecule has 4 aromatic rings. The maximum absolute atomic E-state index is 13.0. The molecule has 2 aromatic heterocycles. The summed E-state index contributed by atoms with van der Waals surface area (Å²) in [6, 6.07) is 18.9. The van der Waals surface area contributed by atoms with Crippen molar-refractivity contribution in [3.8, 4) is 22.8 Å². The quantitative estimate of drug-likeness (QED) is 0.422. The lowest BCUT2D eigenvalue weighted by molar-refractivity contribution is -0.128. The fourth-order valence-corrected chi connectivity index (χ4v) is 4.91. The van der Waals surface area contributed by atoms with Crippen LogP contribution in [0.4, 0.5) is 5.69 Å². The van der Waals surface area contributed by atoms with E-state index in [-0.39, 0.29) is 17.4 Å². The number of carbonyl (C=O) groups is 1. The number of hydrogen-bond donors (Lipinski definition) is 1. The van der Waals surface area contributed by atoms with E-state index in [0.717, 1.165) is 35.8 Å². The summed E-state index contributed by atoms with van der Waals surface area (Å²) in [7, 11) is 0. The average Bonchev–Trinajstić information content (AvgIpc) is 3.49. The molecule has 0 atom stereocenters. The molecule has 0 bridgehead atoms. The highest BCUT2D eigenvalue weighted by Crippen LogP contribution is 2.30. The summed E-state index contributed by atoms with van der Waals surface area (Å²) in [4.78, 5) is 17.1. The number of piperazine rings is 1. The predicted octanol–water partition coefficient (Wildman–Crippen LogP) is 3.98. The molecule has 0 radical (unpaired) electrons. The number of aromatic nitrogens is 3. The Labute approximate surface area is 201 Å². The van der Waals surface area contributed by atoms with E-state index in [2.05, 4.69) is 15.1 Å². The molecule has 1 N–H and O–H groups in total. The maximum atomic E-state index is 13.0. The zero-order valence-electron chi connectivity index (χ0n) is 18.8. The molecule has 0 unspecified atom stereocenters. The van der Waals surface area contributed by atoms with Crippen molar-refractivity contribution in [2.45, 2.75) is 12.1 Å². The smallest absolute Gasteiger partial charge is 0.233 e. The van der Waals surface area contributed by atoms with E-state index >= 15 is 0 Å². The van der Waals surface area contributed by atoms with Crippen molar-refractivity contribution in [3.05, 3.63) is 72.7 Å². The van der Waals surface area contributed by atoms with Crippen molar-refractivity contribution >= 4 is 23.4 Å². The van der Waals surface area contributed by atoms with E-state index in [4.69, 9.17) is 4.42 Å². The first-order valence-corrected chi connectivity index (χ1v) is 12.1. The van der Waals surface area contributed by atoms with Gasteiger partial charge in [0.2, 0.25) is 5.91 Å². The second kappa shape index (κ2) is 9.64. The molecule has 9 heteroatoms. The molecule has 2 aromatic carbocycles. The van der Waals surface area contributed by atoms with Crippen LogP contribution < -0.4 is 4.90 Å². The first-order chi connectivity index (χ1) is 16.6. The van der Waals surface area contributed by atoms with Crippen molar-refractivity contribution in [3.63, 3.8) is 0 Å². The molecule has 0 aliphatic carbocycles. The lowest BCUT2D eigenvalue weighted by atomic mass is 10.2. The van der Waals surface area contributed by atoms with Crippen molar-refractivity contribution in [1.82, 2.24) is 19.7 Å². The van der Waals surface area contributed by atoms with E-state index in [1.165, 1.54) is 11.8 Å². The van der Waals surface area contributed by atoms with Gasteiger partial charge in [0.1, 0.15) is 11.5 Å². The second-order valence-electron chi connectivity index (χ2n) is 8.04. The third kappa shape index (κ3) is 4.51. The van der Waals surface area contributed by atoms with Gasteiger partial charge in [-0.3, -0.25) is 9.36 Å². The zero-order chi connectivity index (χ0) is 23.5. The van der Waals surface area contributed by atoms with Crippen molar-refractivity contribution in [2.75, 3.05) is 36.8 Å². The molecule has 34 heavy (non-hydrogen) atoms. The fourth-order valence-electron chi connectivity index (χ4n) is 4.06. The van der Waals surface area contributed by atoms with E-state index in [1.54, 1.807) is 18.4 Å². The van der Waals surface area contributed by atoms with E-state index in [0.29, 0.717) is 24.1 Å². The molecular formula is C25H25N5O3S. The molecule has 0 saturated carbocycles. The van der Waals surface area contributed by atoms with Gasteiger partial charge in [0.25, 0.3) is 0 Å². The number of thioether (sulfide) groups is 1. The number of para-hydroxylation sites is 1. The molecular weight excluding hydrogens is 450 g/mol. The minimum absolute atomic E-state index is 0.0824. The lowest BCUT2D eigenvalue weighted by Gasteiger charge is -2.36. The Hall–Kier alpha value is -3.72. The van der Waals surface area contributed by atoms with Crippen molar-refractivity contribution < 1.29 is 14.3 Å². The minimum Gasteiger partial charge on any atom is -0.508 e. The van der Waals surface area contributed by atoms with Crippen LogP contribution in [0.15, 0.2) is 76.5 Å². The van der Waals surface area contributed by atoms with Gasteiger partial charge in [-0.2, -0.15) is 0 Å². The number of carbonyl (C=O) groups excluding carboxylic acids is 1. The molecule has 1 amide bonds. The first kappa shape index (κ1) is 22.1. The predicted molar refractivity (Wildman–Crippen MR) is 131 cm³/mol. The number of hydrogen-bond acceptors (Lipinski definition) is 7. The highest BCUT2D eigenvalue weighted by Gasteiger charge is 2.24. The average molecular weight is 476 g/mol. The third-order valence-electron chi connectivity index (χ3n) is 5.92. The van der Waals surface area contributed by atoms with Crippen LogP contribution in [-0.2, 0) is 4.79 Å².